The normalized spacial score (nSPS) is 15.4. The molecule has 0 aliphatic heterocycles. The van der Waals surface area contributed by atoms with Gasteiger partial charge in [0.15, 0.2) is 0 Å². The molecule has 0 atom stereocenters. The third-order valence-corrected chi connectivity index (χ3v) is 4.62. The zero-order chi connectivity index (χ0) is 13.9. The molecule has 1 heterocycles. The van der Waals surface area contributed by atoms with Gasteiger partial charge in [-0.2, -0.15) is 5.26 Å². The molecule has 6 heteroatoms. The van der Waals surface area contributed by atoms with Gasteiger partial charge < -0.3 is 0 Å². The molecule has 2 aromatic rings. The molecule has 1 aromatic carbocycles. The number of hydrogen-bond acceptors (Lipinski definition) is 5. The summed E-state index contributed by atoms with van der Waals surface area (Å²) in [6, 6.07) is 8.51. The number of nitrogens with zero attached hydrogens (tertiary/aromatic N) is 5. The van der Waals surface area contributed by atoms with Crippen molar-refractivity contribution in [3.05, 3.63) is 29.3 Å². The first-order chi connectivity index (χ1) is 9.78. The second-order valence-electron chi connectivity index (χ2n) is 5.06. The molecular formula is C14H15N5S. The van der Waals surface area contributed by atoms with E-state index in [1.165, 1.54) is 24.6 Å². The van der Waals surface area contributed by atoms with Gasteiger partial charge in [-0.25, -0.2) is 4.68 Å². The Balaban J connectivity index is 1.89. The van der Waals surface area contributed by atoms with Gasteiger partial charge in [0, 0.05) is 4.90 Å². The third-order valence-electron chi connectivity index (χ3n) is 3.59. The summed E-state index contributed by atoms with van der Waals surface area (Å²) >= 11 is 1.47. The summed E-state index contributed by atoms with van der Waals surface area (Å²) in [5.74, 6) is 0. The number of tetrazole rings is 1. The standard InChI is InChI=1S/C14H15N5S/c1-10-6-7-13(11(8-10)9-15)20-14-16-17-18-19(14)12-4-2-3-5-12/h6-8,12H,2-5H2,1H3. The van der Waals surface area contributed by atoms with E-state index in [4.69, 9.17) is 0 Å². The number of aromatic nitrogens is 4. The Morgan fingerprint density at radius 1 is 1.35 bits per heavy atom. The predicted molar refractivity (Wildman–Crippen MR) is 75.3 cm³/mol. The lowest BCUT2D eigenvalue weighted by Gasteiger charge is -2.11. The maximum Gasteiger partial charge on any atom is 0.214 e. The van der Waals surface area contributed by atoms with Crippen LogP contribution >= 0.6 is 11.8 Å². The second-order valence-corrected chi connectivity index (χ2v) is 6.07. The first kappa shape index (κ1) is 13.1. The van der Waals surface area contributed by atoms with Crippen LogP contribution in [0.1, 0.15) is 42.9 Å². The highest BCUT2D eigenvalue weighted by molar-refractivity contribution is 7.99. The van der Waals surface area contributed by atoms with Gasteiger partial charge in [0.25, 0.3) is 0 Å². The maximum absolute atomic E-state index is 9.23. The van der Waals surface area contributed by atoms with Crippen molar-refractivity contribution in [2.45, 2.75) is 48.7 Å². The highest BCUT2D eigenvalue weighted by atomic mass is 32.2. The van der Waals surface area contributed by atoms with Crippen molar-refractivity contribution in [2.24, 2.45) is 0 Å². The summed E-state index contributed by atoms with van der Waals surface area (Å²) in [5, 5.41) is 22.0. The first-order valence-corrected chi connectivity index (χ1v) is 7.56. The zero-order valence-corrected chi connectivity index (χ0v) is 12.1. The van der Waals surface area contributed by atoms with E-state index in [1.54, 1.807) is 0 Å². The minimum absolute atomic E-state index is 0.406. The molecular weight excluding hydrogens is 270 g/mol. The van der Waals surface area contributed by atoms with Gasteiger partial charge in [0.05, 0.1) is 11.6 Å². The van der Waals surface area contributed by atoms with E-state index in [0.29, 0.717) is 11.6 Å². The monoisotopic (exact) mass is 285 g/mol. The molecule has 20 heavy (non-hydrogen) atoms. The van der Waals surface area contributed by atoms with Gasteiger partial charge in [0.1, 0.15) is 6.07 Å². The Bertz CT molecular complexity index is 652. The van der Waals surface area contributed by atoms with Crippen LogP contribution in [0.25, 0.3) is 0 Å². The fourth-order valence-electron chi connectivity index (χ4n) is 2.55. The van der Waals surface area contributed by atoms with E-state index < -0.39 is 0 Å². The van der Waals surface area contributed by atoms with Gasteiger partial charge in [-0.3, -0.25) is 0 Å². The van der Waals surface area contributed by atoms with E-state index in [-0.39, 0.29) is 0 Å². The third kappa shape index (κ3) is 2.54. The quantitative estimate of drug-likeness (QED) is 0.866. The summed E-state index contributed by atoms with van der Waals surface area (Å²) in [4.78, 5) is 0.909. The SMILES string of the molecule is Cc1ccc(Sc2nnnn2C2CCCC2)c(C#N)c1. The second kappa shape index (κ2) is 5.63. The number of hydrogen-bond donors (Lipinski definition) is 0. The fraction of sp³-hybridized carbons (Fsp3) is 0.429. The number of nitriles is 1. The highest BCUT2D eigenvalue weighted by Gasteiger charge is 2.22. The molecule has 0 spiro atoms. The Morgan fingerprint density at radius 2 is 2.15 bits per heavy atom. The van der Waals surface area contributed by atoms with Crippen LogP contribution in [-0.2, 0) is 0 Å². The molecule has 0 saturated heterocycles. The summed E-state index contributed by atoms with van der Waals surface area (Å²) in [6.45, 7) is 1.98. The topological polar surface area (TPSA) is 67.4 Å². The Hall–Kier alpha value is -1.87. The average molecular weight is 285 g/mol. The average Bonchev–Trinajstić information content (AvgIpc) is 3.11. The molecule has 3 rings (SSSR count). The van der Waals surface area contributed by atoms with Crippen LogP contribution in [0.4, 0.5) is 0 Å². The largest absolute Gasteiger partial charge is 0.217 e. The molecule has 1 aliphatic rings. The van der Waals surface area contributed by atoms with Crippen LogP contribution in [0, 0.1) is 18.3 Å². The van der Waals surface area contributed by atoms with Crippen LogP contribution in [0.5, 0.6) is 0 Å². The molecule has 102 valence electrons. The van der Waals surface area contributed by atoms with Crippen molar-refractivity contribution < 1.29 is 0 Å². The minimum atomic E-state index is 0.406. The lowest BCUT2D eigenvalue weighted by molar-refractivity contribution is 0.423. The van der Waals surface area contributed by atoms with Gasteiger partial charge in [-0.15, -0.1) is 5.10 Å². The van der Waals surface area contributed by atoms with E-state index in [1.807, 2.05) is 29.8 Å². The van der Waals surface area contributed by atoms with Crippen molar-refractivity contribution in [3.8, 4) is 6.07 Å². The Kier molecular flexibility index (Phi) is 3.70. The van der Waals surface area contributed by atoms with E-state index in [2.05, 4.69) is 21.6 Å². The van der Waals surface area contributed by atoms with Crippen molar-refractivity contribution in [1.29, 1.82) is 5.26 Å². The maximum atomic E-state index is 9.23. The minimum Gasteiger partial charge on any atom is -0.217 e. The van der Waals surface area contributed by atoms with Crippen molar-refractivity contribution >= 4 is 11.8 Å². The van der Waals surface area contributed by atoms with Gasteiger partial charge in [-0.1, -0.05) is 18.9 Å². The molecule has 0 radical (unpaired) electrons. The van der Waals surface area contributed by atoms with Crippen LogP contribution < -0.4 is 0 Å². The van der Waals surface area contributed by atoms with E-state index in [9.17, 15) is 5.26 Å². The molecule has 5 nitrogen and oxygen atoms in total. The molecule has 0 N–H and O–H groups in total. The molecule has 1 aliphatic carbocycles. The lowest BCUT2D eigenvalue weighted by Crippen LogP contribution is -2.08. The predicted octanol–water partition coefficient (Wildman–Crippen LogP) is 3.12. The van der Waals surface area contributed by atoms with Crippen molar-refractivity contribution in [3.63, 3.8) is 0 Å². The number of benzene rings is 1. The molecule has 1 saturated carbocycles. The summed E-state index contributed by atoms with van der Waals surface area (Å²) in [6.07, 6.45) is 4.75. The molecule has 0 unspecified atom stereocenters. The van der Waals surface area contributed by atoms with Crippen molar-refractivity contribution in [2.75, 3.05) is 0 Å². The Labute approximate surface area is 122 Å². The molecule has 1 fully saturated rings. The number of rotatable bonds is 3. The molecule has 0 bridgehead atoms. The van der Waals surface area contributed by atoms with Crippen LogP contribution in [-0.4, -0.2) is 20.2 Å². The fourth-order valence-corrected chi connectivity index (χ4v) is 3.45. The van der Waals surface area contributed by atoms with Crippen molar-refractivity contribution in [1.82, 2.24) is 20.2 Å². The zero-order valence-electron chi connectivity index (χ0n) is 11.3. The highest BCUT2D eigenvalue weighted by Crippen LogP contribution is 2.34. The van der Waals surface area contributed by atoms with E-state index in [0.717, 1.165) is 28.5 Å². The number of aryl methyl sites for hydroxylation is 1. The van der Waals surface area contributed by atoms with Gasteiger partial charge in [-0.05, 0) is 59.7 Å². The lowest BCUT2D eigenvalue weighted by atomic mass is 10.2. The van der Waals surface area contributed by atoms with Gasteiger partial charge in [0.2, 0.25) is 5.16 Å². The van der Waals surface area contributed by atoms with Crippen LogP contribution in [0.3, 0.4) is 0 Å². The molecule has 0 amide bonds. The smallest absolute Gasteiger partial charge is 0.214 e. The summed E-state index contributed by atoms with van der Waals surface area (Å²) in [7, 11) is 0. The van der Waals surface area contributed by atoms with E-state index >= 15 is 0 Å². The first-order valence-electron chi connectivity index (χ1n) is 6.74. The summed E-state index contributed by atoms with van der Waals surface area (Å²) in [5.41, 5.74) is 1.76. The van der Waals surface area contributed by atoms with Crippen LogP contribution in [0.15, 0.2) is 28.3 Å². The Morgan fingerprint density at radius 3 is 2.90 bits per heavy atom. The molecule has 1 aromatic heterocycles. The van der Waals surface area contributed by atoms with Gasteiger partial charge >= 0.3 is 0 Å². The van der Waals surface area contributed by atoms with Crippen LogP contribution in [0.2, 0.25) is 0 Å². The summed E-state index contributed by atoms with van der Waals surface area (Å²) < 4.78 is 1.92.